The Morgan fingerprint density at radius 3 is 2.65 bits per heavy atom. The molecule has 7 heteroatoms. The van der Waals surface area contributed by atoms with Crippen LogP contribution >= 0.6 is 12.2 Å². The maximum atomic E-state index is 13.1. The van der Waals surface area contributed by atoms with E-state index in [1.807, 2.05) is 54.7 Å². The summed E-state index contributed by atoms with van der Waals surface area (Å²) in [7, 11) is 0. The minimum Gasteiger partial charge on any atom is -0.352 e. The topological polar surface area (TPSA) is 62.2 Å². The van der Waals surface area contributed by atoms with Crippen molar-refractivity contribution < 1.29 is 4.79 Å². The first kappa shape index (κ1) is 23.7. The highest BCUT2D eigenvalue weighted by molar-refractivity contribution is 7.80. The Balaban J connectivity index is 1.27. The number of aryl methyl sites for hydroxylation is 1. The molecule has 0 spiro atoms. The lowest BCUT2D eigenvalue weighted by Crippen LogP contribution is -2.33. The molecular formula is C30H31N5OS. The van der Waals surface area contributed by atoms with Gasteiger partial charge in [0.1, 0.15) is 0 Å². The molecule has 2 N–H and O–H groups in total. The SMILES string of the molecule is Cc1cc([C@H]2[C@@H](c3ccccn3)NC(=S)N2CCC(=O)Nc2cccc3ccccc23)c(C)n1C1CC1. The molecule has 2 fully saturated rings. The number of fused-ring (bicyclic) bond motifs is 1. The highest BCUT2D eigenvalue weighted by Crippen LogP contribution is 2.44. The molecule has 4 aromatic rings. The third-order valence-corrected chi connectivity index (χ3v) is 7.95. The molecule has 6 nitrogen and oxygen atoms in total. The maximum Gasteiger partial charge on any atom is 0.226 e. The van der Waals surface area contributed by atoms with Crippen LogP contribution in [-0.2, 0) is 4.79 Å². The fraction of sp³-hybridized carbons (Fsp3) is 0.300. The molecule has 0 bridgehead atoms. The van der Waals surface area contributed by atoms with E-state index in [9.17, 15) is 4.79 Å². The molecule has 188 valence electrons. The number of hydrogen-bond acceptors (Lipinski definition) is 3. The number of pyridine rings is 1. The van der Waals surface area contributed by atoms with Gasteiger partial charge in [0, 0.05) is 47.7 Å². The molecule has 2 atom stereocenters. The van der Waals surface area contributed by atoms with Crippen LogP contribution in [0.2, 0.25) is 0 Å². The zero-order valence-electron chi connectivity index (χ0n) is 21.1. The second-order valence-electron chi connectivity index (χ2n) is 10.1. The zero-order valence-corrected chi connectivity index (χ0v) is 22.0. The largest absolute Gasteiger partial charge is 0.352 e. The fourth-order valence-corrected chi connectivity index (χ4v) is 6.08. The second kappa shape index (κ2) is 9.63. The van der Waals surface area contributed by atoms with E-state index in [0.717, 1.165) is 22.2 Å². The standard InChI is InChI=1S/C30H31N5OS/c1-19-18-24(20(2)35(19)22-13-14-22)29-28(26-11-5-6-16-31-26)33-30(37)34(29)17-15-27(36)32-25-12-7-9-21-8-3-4-10-23(21)25/h3-12,16,18,22,28-29H,13-15,17H2,1-2H3,(H,32,36)(H,33,37)/t28-,29+/m1/s1. The van der Waals surface area contributed by atoms with E-state index in [1.54, 1.807) is 0 Å². The molecule has 1 aliphatic heterocycles. The van der Waals surface area contributed by atoms with Gasteiger partial charge < -0.3 is 20.1 Å². The molecule has 1 saturated heterocycles. The van der Waals surface area contributed by atoms with E-state index in [2.05, 4.69) is 57.1 Å². The van der Waals surface area contributed by atoms with Gasteiger partial charge in [0.05, 0.1) is 17.8 Å². The van der Waals surface area contributed by atoms with Crippen molar-refractivity contribution in [1.82, 2.24) is 19.8 Å². The molecular weight excluding hydrogens is 478 g/mol. The first-order chi connectivity index (χ1) is 18.0. The van der Waals surface area contributed by atoms with Gasteiger partial charge in [0.15, 0.2) is 5.11 Å². The van der Waals surface area contributed by atoms with Crippen molar-refractivity contribution >= 4 is 39.7 Å². The van der Waals surface area contributed by atoms with E-state index in [-0.39, 0.29) is 18.0 Å². The molecule has 1 aliphatic carbocycles. The third-order valence-electron chi connectivity index (χ3n) is 7.60. The molecule has 0 unspecified atom stereocenters. The van der Waals surface area contributed by atoms with Crippen molar-refractivity contribution in [3.8, 4) is 0 Å². The van der Waals surface area contributed by atoms with Crippen molar-refractivity contribution in [2.75, 3.05) is 11.9 Å². The summed E-state index contributed by atoms with van der Waals surface area (Å²) in [6.07, 6.45) is 4.63. The Morgan fingerprint density at radius 1 is 1.08 bits per heavy atom. The lowest BCUT2D eigenvalue weighted by atomic mass is 9.96. The number of carbonyl (C=O) groups is 1. The lowest BCUT2D eigenvalue weighted by molar-refractivity contribution is -0.116. The highest BCUT2D eigenvalue weighted by atomic mass is 32.1. The number of rotatable bonds is 7. The Labute approximate surface area is 222 Å². The van der Waals surface area contributed by atoms with Crippen LogP contribution < -0.4 is 10.6 Å². The average Bonchev–Trinajstić information content (AvgIpc) is 3.62. The summed E-state index contributed by atoms with van der Waals surface area (Å²) in [5.41, 5.74) is 5.60. The van der Waals surface area contributed by atoms with Crippen molar-refractivity contribution in [2.24, 2.45) is 0 Å². The maximum absolute atomic E-state index is 13.1. The van der Waals surface area contributed by atoms with Crippen LogP contribution in [0, 0.1) is 13.8 Å². The number of amides is 1. The Morgan fingerprint density at radius 2 is 1.86 bits per heavy atom. The number of hydrogen-bond donors (Lipinski definition) is 2. The summed E-state index contributed by atoms with van der Waals surface area (Å²) in [4.78, 5) is 20.0. The Kier molecular flexibility index (Phi) is 6.16. The molecule has 2 aromatic heterocycles. The minimum atomic E-state index is -0.0806. The van der Waals surface area contributed by atoms with Crippen molar-refractivity contribution in [1.29, 1.82) is 0 Å². The zero-order chi connectivity index (χ0) is 25.5. The third kappa shape index (κ3) is 4.48. The molecule has 2 aliphatic rings. The van der Waals surface area contributed by atoms with Crippen molar-refractivity contribution in [2.45, 2.75) is 51.2 Å². The predicted molar refractivity (Wildman–Crippen MR) is 152 cm³/mol. The molecule has 37 heavy (non-hydrogen) atoms. The summed E-state index contributed by atoms with van der Waals surface area (Å²) in [5.74, 6) is -0.0253. The first-order valence-electron chi connectivity index (χ1n) is 13.0. The van der Waals surface area contributed by atoms with Gasteiger partial charge in [0.25, 0.3) is 0 Å². The van der Waals surface area contributed by atoms with E-state index in [0.29, 0.717) is 24.1 Å². The molecule has 0 radical (unpaired) electrons. The van der Waals surface area contributed by atoms with Crippen LogP contribution in [0.1, 0.15) is 60.0 Å². The smallest absolute Gasteiger partial charge is 0.226 e. The molecule has 3 heterocycles. The predicted octanol–water partition coefficient (Wildman–Crippen LogP) is 5.99. The summed E-state index contributed by atoms with van der Waals surface area (Å²) in [6, 6.07) is 22.8. The molecule has 2 aromatic carbocycles. The monoisotopic (exact) mass is 509 g/mol. The molecule has 1 saturated carbocycles. The second-order valence-corrected chi connectivity index (χ2v) is 10.5. The van der Waals surface area contributed by atoms with Gasteiger partial charge in [0.2, 0.25) is 5.91 Å². The quantitative estimate of drug-likeness (QED) is 0.300. The number of benzene rings is 2. The van der Waals surface area contributed by atoms with E-state index < -0.39 is 0 Å². The number of anilines is 1. The van der Waals surface area contributed by atoms with Gasteiger partial charge >= 0.3 is 0 Å². The fourth-order valence-electron chi connectivity index (χ4n) is 5.75. The van der Waals surface area contributed by atoms with Gasteiger partial charge in [-0.25, -0.2) is 0 Å². The van der Waals surface area contributed by atoms with Gasteiger partial charge in [-0.2, -0.15) is 0 Å². The van der Waals surface area contributed by atoms with Gasteiger partial charge in [-0.05, 0) is 74.1 Å². The Bertz CT molecular complexity index is 1470. The molecule has 6 rings (SSSR count). The van der Waals surface area contributed by atoms with E-state index >= 15 is 0 Å². The number of aromatic nitrogens is 2. The van der Waals surface area contributed by atoms with Crippen LogP contribution in [0.4, 0.5) is 5.69 Å². The summed E-state index contributed by atoms with van der Waals surface area (Å²) in [6.45, 7) is 4.92. The van der Waals surface area contributed by atoms with Crippen LogP contribution in [0.15, 0.2) is 72.9 Å². The van der Waals surface area contributed by atoms with Crippen LogP contribution in [0.3, 0.4) is 0 Å². The summed E-state index contributed by atoms with van der Waals surface area (Å²) >= 11 is 5.83. The van der Waals surface area contributed by atoms with Crippen LogP contribution in [-0.4, -0.2) is 32.0 Å². The number of nitrogens with one attached hydrogen (secondary N) is 2. The summed E-state index contributed by atoms with van der Waals surface area (Å²) in [5, 5.41) is 9.45. The summed E-state index contributed by atoms with van der Waals surface area (Å²) < 4.78 is 2.47. The number of carbonyl (C=O) groups excluding carboxylic acids is 1. The minimum absolute atomic E-state index is 0.0253. The number of nitrogens with zero attached hydrogens (tertiary/aromatic N) is 3. The van der Waals surface area contributed by atoms with Gasteiger partial charge in [-0.3, -0.25) is 9.78 Å². The van der Waals surface area contributed by atoms with Gasteiger partial charge in [-0.15, -0.1) is 0 Å². The van der Waals surface area contributed by atoms with Crippen LogP contribution in [0.5, 0.6) is 0 Å². The van der Waals surface area contributed by atoms with Crippen LogP contribution in [0.25, 0.3) is 10.8 Å². The van der Waals surface area contributed by atoms with Crippen molar-refractivity contribution in [3.63, 3.8) is 0 Å². The first-order valence-corrected chi connectivity index (χ1v) is 13.4. The lowest BCUT2D eigenvalue weighted by Gasteiger charge is -2.28. The molecule has 1 amide bonds. The normalized spacial score (nSPS) is 19.3. The van der Waals surface area contributed by atoms with Gasteiger partial charge in [-0.1, -0.05) is 42.5 Å². The van der Waals surface area contributed by atoms with E-state index in [4.69, 9.17) is 12.2 Å². The highest BCUT2D eigenvalue weighted by Gasteiger charge is 2.42. The number of thiocarbonyl (C=S) groups is 1. The van der Waals surface area contributed by atoms with E-state index in [1.165, 1.54) is 29.8 Å². The average molecular weight is 510 g/mol. The van der Waals surface area contributed by atoms with Crippen molar-refractivity contribution in [3.05, 3.63) is 95.6 Å². The Hall–Kier alpha value is -3.71.